The van der Waals surface area contributed by atoms with Crippen molar-refractivity contribution in [2.24, 2.45) is 0 Å². The Bertz CT molecular complexity index is 797. The highest BCUT2D eigenvalue weighted by atomic mass is 19.1. The molecule has 3 aromatic rings. The summed E-state index contributed by atoms with van der Waals surface area (Å²) in [6.07, 6.45) is 3.59. The van der Waals surface area contributed by atoms with Crippen LogP contribution >= 0.6 is 0 Å². The fourth-order valence-corrected chi connectivity index (χ4v) is 2.73. The molecule has 5 nitrogen and oxygen atoms in total. The first-order valence-corrected chi connectivity index (χ1v) is 7.75. The summed E-state index contributed by atoms with van der Waals surface area (Å²) >= 11 is 0. The Hall–Kier alpha value is -2.73. The van der Waals surface area contributed by atoms with Gasteiger partial charge in [-0.15, -0.1) is 0 Å². The minimum atomic E-state index is -0.242. The first-order chi connectivity index (χ1) is 11.7. The lowest BCUT2D eigenvalue weighted by Gasteiger charge is -2.18. The number of hydrogen-bond acceptors (Lipinski definition) is 4. The molecule has 2 N–H and O–H groups in total. The van der Waals surface area contributed by atoms with E-state index in [2.05, 4.69) is 31.5 Å². The molecule has 2 aromatic heterocycles. The van der Waals surface area contributed by atoms with Crippen LogP contribution in [-0.4, -0.2) is 34.2 Å². The molecule has 0 spiro atoms. The van der Waals surface area contributed by atoms with Gasteiger partial charge in [0.05, 0.1) is 11.9 Å². The molecular weight excluding hydrogens is 305 g/mol. The summed E-state index contributed by atoms with van der Waals surface area (Å²) in [7, 11) is 3.92. The van der Waals surface area contributed by atoms with Crippen LogP contribution in [0, 0.1) is 5.82 Å². The van der Waals surface area contributed by atoms with Crippen molar-refractivity contribution in [1.29, 1.82) is 0 Å². The average molecular weight is 325 g/mol. The third kappa shape index (κ3) is 3.60. The number of pyridine rings is 1. The first kappa shape index (κ1) is 16.1. The van der Waals surface area contributed by atoms with Gasteiger partial charge in [0.1, 0.15) is 11.6 Å². The van der Waals surface area contributed by atoms with E-state index in [0.29, 0.717) is 0 Å². The van der Waals surface area contributed by atoms with E-state index in [1.54, 1.807) is 18.3 Å². The predicted molar refractivity (Wildman–Crippen MR) is 92.9 cm³/mol. The molecule has 3 rings (SSSR count). The van der Waals surface area contributed by atoms with E-state index in [1.807, 2.05) is 26.4 Å². The van der Waals surface area contributed by atoms with Crippen LogP contribution in [0.3, 0.4) is 0 Å². The Labute approximate surface area is 140 Å². The third-order valence-electron chi connectivity index (χ3n) is 3.86. The largest absolute Gasteiger partial charge is 0.373 e. The van der Waals surface area contributed by atoms with Crippen molar-refractivity contribution in [3.8, 4) is 11.3 Å². The highest BCUT2D eigenvalue weighted by molar-refractivity contribution is 5.62. The van der Waals surface area contributed by atoms with Gasteiger partial charge in [-0.05, 0) is 37.4 Å². The topological polar surface area (TPSA) is 56.8 Å². The number of hydrogen-bond donors (Lipinski definition) is 2. The van der Waals surface area contributed by atoms with Gasteiger partial charge in [-0.1, -0.05) is 6.07 Å². The Morgan fingerprint density at radius 1 is 1.12 bits per heavy atom. The van der Waals surface area contributed by atoms with E-state index in [9.17, 15) is 4.39 Å². The lowest BCUT2D eigenvalue weighted by molar-refractivity contribution is 0.319. The number of anilines is 1. The number of halogens is 1. The predicted octanol–water partition coefficient (Wildman–Crippen LogP) is 3.28. The van der Waals surface area contributed by atoms with Gasteiger partial charge in [0.25, 0.3) is 0 Å². The van der Waals surface area contributed by atoms with Crippen LogP contribution in [0.5, 0.6) is 0 Å². The molecule has 0 fully saturated rings. The zero-order chi connectivity index (χ0) is 16.9. The fraction of sp³-hybridized carbons (Fsp3) is 0.222. The lowest BCUT2D eigenvalue weighted by atomic mass is 10.1. The quantitative estimate of drug-likeness (QED) is 0.730. The second kappa shape index (κ2) is 7.23. The molecule has 0 saturated carbocycles. The van der Waals surface area contributed by atoms with Crippen LogP contribution in [0.25, 0.3) is 11.3 Å². The lowest BCUT2D eigenvalue weighted by Crippen LogP contribution is -2.18. The van der Waals surface area contributed by atoms with Gasteiger partial charge in [-0.25, -0.2) is 9.37 Å². The molecule has 1 aromatic carbocycles. The summed E-state index contributed by atoms with van der Waals surface area (Å²) < 4.78 is 13.1. The highest BCUT2D eigenvalue weighted by Crippen LogP contribution is 2.23. The number of aromatic nitrogens is 3. The Balaban J connectivity index is 1.75. The van der Waals surface area contributed by atoms with E-state index >= 15 is 0 Å². The van der Waals surface area contributed by atoms with Crippen molar-refractivity contribution in [3.63, 3.8) is 0 Å². The van der Waals surface area contributed by atoms with Crippen molar-refractivity contribution < 1.29 is 4.39 Å². The van der Waals surface area contributed by atoms with Crippen molar-refractivity contribution in [2.75, 3.05) is 19.4 Å². The summed E-state index contributed by atoms with van der Waals surface area (Å²) in [4.78, 5) is 6.52. The minimum absolute atomic E-state index is 0.242. The van der Waals surface area contributed by atoms with E-state index in [-0.39, 0.29) is 5.82 Å². The smallest absolute Gasteiger partial charge is 0.130 e. The number of nitrogens with zero attached hydrogens (tertiary/aromatic N) is 3. The van der Waals surface area contributed by atoms with E-state index < -0.39 is 0 Å². The van der Waals surface area contributed by atoms with Crippen molar-refractivity contribution in [2.45, 2.75) is 13.1 Å². The molecule has 0 radical (unpaired) electrons. The van der Waals surface area contributed by atoms with Gasteiger partial charge in [0, 0.05) is 43.0 Å². The van der Waals surface area contributed by atoms with Crippen LogP contribution in [0.15, 0.2) is 48.8 Å². The monoisotopic (exact) mass is 325 g/mol. The fourth-order valence-electron chi connectivity index (χ4n) is 2.73. The SMILES string of the molecule is CNc1ncccc1CN(C)Cc1cn[nH]c1-c1ccc(F)cc1. The van der Waals surface area contributed by atoms with Gasteiger partial charge in [0.2, 0.25) is 0 Å². The van der Waals surface area contributed by atoms with Gasteiger partial charge in [-0.2, -0.15) is 5.10 Å². The molecule has 0 atom stereocenters. The molecule has 0 saturated heterocycles. The molecule has 0 amide bonds. The maximum atomic E-state index is 13.1. The molecule has 0 aliphatic rings. The Morgan fingerprint density at radius 3 is 2.62 bits per heavy atom. The average Bonchev–Trinajstić information content (AvgIpc) is 3.04. The van der Waals surface area contributed by atoms with Crippen molar-refractivity contribution in [3.05, 3.63) is 65.7 Å². The molecule has 6 heteroatoms. The summed E-state index contributed by atoms with van der Waals surface area (Å²) in [5, 5.41) is 10.3. The molecule has 0 bridgehead atoms. The maximum absolute atomic E-state index is 13.1. The summed E-state index contributed by atoms with van der Waals surface area (Å²) in [6.45, 7) is 1.49. The maximum Gasteiger partial charge on any atom is 0.130 e. The second-order valence-electron chi connectivity index (χ2n) is 5.71. The van der Waals surface area contributed by atoms with Crippen LogP contribution in [0.4, 0.5) is 10.2 Å². The van der Waals surface area contributed by atoms with Gasteiger partial charge >= 0.3 is 0 Å². The summed E-state index contributed by atoms with van der Waals surface area (Å²) in [6, 6.07) is 10.4. The standard InChI is InChI=1S/C18H20FN5/c1-20-18-14(4-3-9-21-18)11-24(2)12-15-10-22-23-17(15)13-5-7-16(19)8-6-13/h3-10H,11-12H2,1-2H3,(H,20,21)(H,22,23). The molecule has 0 aliphatic heterocycles. The number of nitrogens with one attached hydrogen (secondary N) is 2. The van der Waals surface area contributed by atoms with Crippen molar-refractivity contribution in [1.82, 2.24) is 20.1 Å². The molecule has 0 aliphatic carbocycles. The Kier molecular flexibility index (Phi) is 4.86. The van der Waals surface area contributed by atoms with Crippen LogP contribution < -0.4 is 5.32 Å². The van der Waals surface area contributed by atoms with E-state index in [0.717, 1.165) is 41.3 Å². The number of H-pyrrole nitrogens is 1. The van der Waals surface area contributed by atoms with E-state index in [1.165, 1.54) is 12.1 Å². The zero-order valence-electron chi connectivity index (χ0n) is 13.8. The molecule has 2 heterocycles. The summed E-state index contributed by atoms with van der Waals surface area (Å²) in [5.74, 6) is 0.642. The van der Waals surface area contributed by atoms with Gasteiger partial charge in [-0.3, -0.25) is 10.00 Å². The zero-order valence-corrected chi connectivity index (χ0v) is 13.8. The van der Waals surface area contributed by atoms with Crippen molar-refractivity contribution >= 4 is 5.82 Å². The molecule has 24 heavy (non-hydrogen) atoms. The highest BCUT2D eigenvalue weighted by Gasteiger charge is 2.12. The molecular formula is C18H20FN5. The van der Waals surface area contributed by atoms with Crippen LogP contribution in [-0.2, 0) is 13.1 Å². The normalized spacial score (nSPS) is 11.0. The van der Waals surface area contributed by atoms with E-state index in [4.69, 9.17) is 0 Å². The number of benzene rings is 1. The Morgan fingerprint density at radius 2 is 1.88 bits per heavy atom. The first-order valence-electron chi connectivity index (χ1n) is 7.75. The van der Waals surface area contributed by atoms with Crippen LogP contribution in [0.1, 0.15) is 11.1 Å². The molecule has 0 unspecified atom stereocenters. The molecule has 124 valence electrons. The van der Waals surface area contributed by atoms with Gasteiger partial charge < -0.3 is 5.32 Å². The van der Waals surface area contributed by atoms with Crippen LogP contribution in [0.2, 0.25) is 0 Å². The second-order valence-corrected chi connectivity index (χ2v) is 5.71. The summed E-state index contributed by atoms with van der Waals surface area (Å²) in [5.41, 5.74) is 4.05. The number of aromatic amines is 1. The minimum Gasteiger partial charge on any atom is -0.373 e. The third-order valence-corrected chi connectivity index (χ3v) is 3.86. The number of rotatable bonds is 6. The van der Waals surface area contributed by atoms with Gasteiger partial charge in [0.15, 0.2) is 0 Å².